The summed E-state index contributed by atoms with van der Waals surface area (Å²) in [5.74, 6) is 0.213. The topological polar surface area (TPSA) is 76.4 Å². The van der Waals surface area contributed by atoms with Crippen molar-refractivity contribution in [3.05, 3.63) is 72.2 Å². The summed E-state index contributed by atoms with van der Waals surface area (Å²) in [7, 11) is -3.49. The van der Waals surface area contributed by atoms with Crippen LogP contribution < -0.4 is 5.32 Å². The number of benzene rings is 2. The van der Waals surface area contributed by atoms with E-state index in [2.05, 4.69) is 5.32 Å². The first-order chi connectivity index (χ1) is 12.8. The van der Waals surface area contributed by atoms with Gasteiger partial charge >= 0.3 is 0 Å². The molecule has 5 nitrogen and oxygen atoms in total. The van der Waals surface area contributed by atoms with Crippen molar-refractivity contribution in [3.63, 3.8) is 0 Å². The zero-order chi connectivity index (χ0) is 19.4. The summed E-state index contributed by atoms with van der Waals surface area (Å²) in [5.41, 5.74) is 0.778. The molecule has 1 amide bonds. The number of amides is 1. The third kappa shape index (κ3) is 4.83. The maximum Gasteiger partial charge on any atom is 0.224 e. The van der Waals surface area contributed by atoms with Gasteiger partial charge in [0.25, 0.3) is 0 Å². The van der Waals surface area contributed by atoms with Crippen LogP contribution in [0.3, 0.4) is 0 Å². The van der Waals surface area contributed by atoms with E-state index in [-0.39, 0.29) is 17.0 Å². The van der Waals surface area contributed by atoms with E-state index in [1.165, 1.54) is 0 Å². The summed E-state index contributed by atoms with van der Waals surface area (Å²) in [4.78, 5) is 12.0. The number of sulfone groups is 1. The smallest absolute Gasteiger partial charge is 0.224 e. The van der Waals surface area contributed by atoms with Gasteiger partial charge in [-0.2, -0.15) is 0 Å². The average Bonchev–Trinajstić information content (AvgIpc) is 3.11. The van der Waals surface area contributed by atoms with E-state index >= 15 is 0 Å². The molecule has 0 aliphatic rings. The molecule has 2 aromatic carbocycles. The Hall–Kier alpha value is -2.93. The molecule has 1 heterocycles. The summed E-state index contributed by atoms with van der Waals surface area (Å²) in [6, 6.07) is 16.5. The van der Waals surface area contributed by atoms with E-state index in [1.54, 1.807) is 6.07 Å². The van der Waals surface area contributed by atoms with Crippen LogP contribution in [0, 0.1) is 5.82 Å². The molecule has 140 valence electrons. The van der Waals surface area contributed by atoms with Crippen molar-refractivity contribution in [2.24, 2.45) is 0 Å². The van der Waals surface area contributed by atoms with E-state index in [0.29, 0.717) is 17.9 Å². The molecule has 1 N–H and O–H groups in total. The van der Waals surface area contributed by atoms with Crippen molar-refractivity contribution >= 4 is 21.4 Å². The maximum absolute atomic E-state index is 13.8. The third-order valence-electron chi connectivity index (χ3n) is 3.96. The first-order valence-electron chi connectivity index (χ1n) is 8.26. The van der Waals surface area contributed by atoms with Gasteiger partial charge in [-0.05, 0) is 30.3 Å². The molecular weight excluding hydrogens is 369 g/mol. The fraction of sp³-hybridized carbons (Fsp3) is 0.150. The lowest BCUT2D eigenvalue weighted by Crippen LogP contribution is -2.14. The van der Waals surface area contributed by atoms with Crippen molar-refractivity contribution < 1.29 is 22.0 Å². The van der Waals surface area contributed by atoms with Crippen LogP contribution in [-0.4, -0.2) is 20.6 Å². The second-order valence-corrected chi connectivity index (χ2v) is 8.11. The van der Waals surface area contributed by atoms with Crippen LogP contribution in [0.4, 0.5) is 10.1 Å². The summed E-state index contributed by atoms with van der Waals surface area (Å²) in [6.07, 6.45) is 1.43. The standard InChI is InChI=1S/C20H18FNO4S/c1-27(24,25)16-9-10-17(21)18(13-16)22-20(23)12-8-15-7-11-19(26-15)14-5-3-2-4-6-14/h2-7,9-11,13H,8,12H2,1H3,(H,22,23). The Kier molecular flexibility index (Phi) is 5.41. The Balaban J connectivity index is 1.63. The van der Waals surface area contributed by atoms with Crippen molar-refractivity contribution in [1.29, 1.82) is 0 Å². The van der Waals surface area contributed by atoms with E-state index in [1.807, 2.05) is 36.4 Å². The highest BCUT2D eigenvalue weighted by Gasteiger charge is 2.14. The Bertz CT molecular complexity index is 1060. The molecule has 7 heteroatoms. The molecule has 0 unspecified atom stereocenters. The van der Waals surface area contributed by atoms with Crippen LogP contribution in [0.2, 0.25) is 0 Å². The highest BCUT2D eigenvalue weighted by Crippen LogP contribution is 2.23. The largest absolute Gasteiger partial charge is 0.461 e. The number of hydrogen-bond donors (Lipinski definition) is 1. The number of hydrogen-bond acceptors (Lipinski definition) is 4. The van der Waals surface area contributed by atoms with Gasteiger partial charge in [-0.25, -0.2) is 12.8 Å². The molecule has 0 saturated carbocycles. The quantitative estimate of drug-likeness (QED) is 0.647. The van der Waals surface area contributed by atoms with Crippen LogP contribution in [-0.2, 0) is 21.1 Å². The lowest BCUT2D eigenvalue weighted by Gasteiger charge is -2.08. The van der Waals surface area contributed by atoms with Crippen molar-refractivity contribution in [2.45, 2.75) is 17.7 Å². The van der Waals surface area contributed by atoms with Crippen LogP contribution in [0.5, 0.6) is 0 Å². The van der Waals surface area contributed by atoms with Crippen molar-refractivity contribution in [2.75, 3.05) is 11.6 Å². The van der Waals surface area contributed by atoms with Gasteiger partial charge < -0.3 is 9.73 Å². The molecule has 3 rings (SSSR count). The summed E-state index contributed by atoms with van der Waals surface area (Å²) in [5, 5.41) is 2.41. The fourth-order valence-electron chi connectivity index (χ4n) is 2.55. The normalized spacial score (nSPS) is 11.3. The number of anilines is 1. The van der Waals surface area contributed by atoms with E-state index in [9.17, 15) is 17.6 Å². The highest BCUT2D eigenvalue weighted by molar-refractivity contribution is 7.90. The fourth-order valence-corrected chi connectivity index (χ4v) is 3.20. The lowest BCUT2D eigenvalue weighted by molar-refractivity contribution is -0.116. The Morgan fingerprint density at radius 1 is 1.07 bits per heavy atom. The average molecular weight is 387 g/mol. The summed E-state index contributed by atoms with van der Waals surface area (Å²) < 4.78 is 42.7. The molecule has 3 aromatic rings. The number of nitrogens with one attached hydrogen (secondary N) is 1. The van der Waals surface area contributed by atoms with Crippen LogP contribution in [0.25, 0.3) is 11.3 Å². The first kappa shape index (κ1) is 18.8. The van der Waals surface area contributed by atoms with Crippen LogP contribution in [0.15, 0.2) is 70.0 Å². The molecule has 0 radical (unpaired) electrons. The minimum absolute atomic E-state index is 0.0577. The Morgan fingerprint density at radius 3 is 2.52 bits per heavy atom. The molecule has 0 atom stereocenters. The van der Waals surface area contributed by atoms with Gasteiger partial charge in [0.2, 0.25) is 5.91 Å². The van der Waals surface area contributed by atoms with Crippen LogP contribution >= 0.6 is 0 Å². The highest BCUT2D eigenvalue weighted by atomic mass is 32.2. The summed E-state index contributed by atoms with van der Waals surface area (Å²) in [6.45, 7) is 0. The number of rotatable bonds is 6. The van der Waals surface area contributed by atoms with Gasteiger partial charge in [0.05, 0.1) is 10.6 Å². The summed E-state index contributed by atoms with van der Waals surface area (Å²) >= 11 is 0. The van der Waals surface area contributed by atoms with Gasteiger partial charge in [-0.1, -0.05) is 30.3 Å². The number of carbonyl (C=O) groups is 1. The minimum Gasteiger partial charge on any atom is -0.461 e. The minimum atomic E-state index is -3.49. The predicted molar refractivity (Wildman–Crippen MR) is 101 cm³/mol. The molecule has 27 heavy (non-hydrogen) atoms. The van der Waals surface area contributed by atoms with Gasteiger partial charge in [-0.15, -0.1) is 0 Å². The Labute approximate surface area is 156 Å². The molecular formula is C20H18FNO4S. The maximum atomic E-state index is 13.8. The Morgan fingerprint density at radius 2 is 1.81 bits per heavy atom. The first-order valence-corrected chi connectivity index (χ1v) is 10.2. The van der Waals surface area contributed by atoms with Gasteiger partial charge in [0, 0.05) is 24.7 Å². The number of halogens is 1. The molecule has 0 spiro atoms. The second kappa shape index (κ2) is 7.75. The SMILES string of the molecule is CS(=O)(=O)c1ccc(F)c(NC(=O)CCc2ccc(-c3ccccc3)o2)c1. The van der Waals surface area contributed by atoms with Crippen LogP contribution in [0.1, 0.15) is 12.2 Å². The van der Waals surface area contributed by atoms with Gasteiger partial charge in [0.1, 0.15) is 17.3 Å². The zero-order valence-corrected chi connectivity index (χ0v) is 15.4. The number of aryl methyl sites for hydroxylation is 1. The number of carbonyl (C=O) groups excluding carboxylic acids is 1. The zero-order valence-electron chi connectivity index (χ0n) is 14.6. The molecule has 0 saturated heterocycles. The monoisotopic (exact) mass is 387 g/mol. The van der Waals surface area contributed by atoms with E-state index in [0.717, 1.165) is 30.0 Å². The molecule has 0 aliphatic carbocycles. The van der Waals surface area contributed by atoms with Crippen molar-refractivity contribution in [1.82, 2.24) is 0 Å². The predicted octanol–water partition coefficient (Wildman–Crippen LogP) is 4.06. The second-order valence-electron chi connectivity index (χ2n) is 6.09. The van der Waals surface area contributed by atoms with Gasteiger partial charge in [-0.3, -0.25) is 4.79 Å². The molecule has 1 aromatic heterocycles. The lowest BCUT2D eigenvalue weighted by atomic mass is 10.2. The van der Waals surface area contributed by atoms with Gasteiger partial charge in [0.15, 0.2) is 9.84 Å². The van der Waals surface area contributed by atoms with E-state index in [4.69, 9.17) is 4.42 Å². The number of furan rings is 1. The molecule has 0 aliphatic heterocycles. The van der Waals surface area contributed by atoms with Crippen molar-refractivity contribution in [3.8, 4) is 11.3 Å². The molecule has 0 bridgehead atoms. The van der Waals surface area contributed by atoms with E-state index < -0.39 is 21.6 Å². The third-order valence-corrected chi connectivity index (χ3v) is 5.07. The molecule has 0 fully saturated rings.